The van der Waals surface area contributed by atoms with E-state index in [1.165, 1.54) is 16.0 Å². The van der Waals surface area contributed by atoms with Crippen LogP contribution in [0.3, 0.4) is 0 Å². The Morgan fingerprint density at radius 1 is 1.22 bits per heavy atom. The Kier molecular flexibility index (Phi) is 8.86. The van der Waals surface area contributed by atoms with E-state index in [9.17, 15) is 23.1 Å². The van der Waals surface area contributed by atoms with E-state index >= 15 is 0 Å². The van der Waals surface area contributed by atoms with Gasteiger partial charge in [0.2, 0.25) is 10.0 Å². The number of likely N-dealkylation sites (N-methyl/N-ethyl adjacent to an activating group) is 1. The van der Waals surface area contributed by atoms with Gasteiger partial charge in [-0.15, -0.1) is 0 Å². The third kappa shape index (κ3) is 6.29. The zero-order valence-corrected chi connectivity index (χ0v) is 25.0. The molecule has 2 aromatic carbocycles. The lowest BCUT2D eigenvalue weighted by molar-refractivity contribution is 0.0388. The zero-order chi connectivity index (χ0) is 30.1. The van der Waals surface area contributed by atoms with Crippen LogP contribution >= 0.6 is 0 Å². The maximum atomic E-state index is 13.7. The summed E-state index contributed by atoms with van der Waals surface area (Å²) in [6.07, 6.45) is -0.697. The molecule has 1 aromatic heterocycles. The molecule has 0 radical (unpaired) electrons. The Balaban J connectivity index is 1.73. The van der Waals surface area contributed by atoms with Crippen molar-refractivity contribution in [3.05, 3.63) is 71.0 Å². The maximum absolute atomic E-state index is 13.7. The molecule has 2 amide bonds. The molecule has 0 fully saturated rings. The number of carbonyl (C=O) groups excluding carboxylic acids is 2. The molecule has 0 saturated carbocycles. The van der Waals surface area contributed by atoms with Crippen LogP contribution in [0.25, 0.3) is 0 Å². The number of para-hydroxylation sites is 1. The van der Waals surface area contributed by atoms with E-state index in [1.54, 1.807) is 74.3 Å². The van der Waals surface area contributed by atoms with Crippen molar-refractivity contribution in [2.24, 2.45) is 13.0 Å². The van der Waals surface area contributed by atoms with E-state index < -0.39 is 28.1 Å². The Labute approximate surface area is 240 Å². The summed E-state index contributed by atoms with van der Waals surface area (Å²) in [5.74, 6) is -0.998. The van der Waals surface area contributed by atoms with E-state index in [2.05, 4.69) is 10.4 Å². The lowest BCUT2D eigenvalue weighted by atomic mass is 9.99. The van der Waals surface area contributed by atoms with E-state index in [0.29, 0.717) is 11.4 Å². The number of aliphatic hydroxyl groups excluding tert-OH is 1. The molecular weight excluding hydrogens is 546 g/mol. The highest BCUT2D eigenvalue weighted by Gasteiger charge is 2.36. The van der Waals surface area contributed by atoms with Gasteiger partial charge in [-0.05, 0) is 51.1 Å². The van der Waals surface area contributed by atoms with Crippen molar-refractivity contribution >= 4 is 27.5 Å². The molecule has 2 N–H and O–H groups in total. The third-order valence-corrected chi connectivity index (χ3v) is 9.18. The first-order chi connectivity index (χ1) is 19.3. The number of hydrogen-bond donors (Lipinski definition) is 2. The van der Waals surface area contributed by atoms with Crippen LogP contribution in [0.15, 0.2) is 53.4 Å². The second-order valence-corrected chi connectivity index (χ2v) is 12.7. The quantitative estimate of drug-likeness (QED) is 0.417. The van der Waals surface area contributed by atoms with Gasteiger partial charge in [0, 0.05) is 26.6 Å². The van der Waals surface area contributed by atoms with Crippen molar-refractivity contribution in [1.82, 2.24) is 19.0 Å². The molecule has 0 aliphatic carbocycles. The normalized spacial score (nSPS) is 18.3. The minimum atomic E-state index is -3.84. The molecule has 4 rings (SSSR count). The van der Waals surface area contributed by atoms with Crippen LogP contribution in [0.5, 0.6) is 5.75 Å². The molecule has 1 aliphatic rings. The lowest BCUT2D eigenvalue weighted by Gasteiger charge is -2.38. The number of nitrogens with one attached hydrogen (secondary N) is 1. The number of aromatic nitrogens is 2. The first kappa shape index (κ1) is 30.2. The molecule has 3 aromatic rings. The minimum absolute atomic E-state index is 0.0183. The first-order valence-electron chi connectivity index (χ1n) is 13.4. The predicted molar refractivity (Wildman–Crippen MR) is 154 cm³/mol. The van der Waals surface area contributed by atoms with E-state index in [-0.39, 0.29) is 53.4 Å². The van der Waals surface area contributed by atoms with Crippen LogP contribution in [0.2, 0.25) is 0 Å². The van der Waals surface area contributed by atoms with Crippen molar-refractivity contribution in [2.45, 2.75) is 44.7 Å². The Morgan fingerprint density at radius 3 is 2.51 bits per heavy atom. The van der Waals surface area contributed by atoms with Gasteiger partial charge in [-0.25, -0.2) is 8.42 Å². The Hall–Kier alpha value is -3.74. The summed E-state index contributed by atoms with van der Waals surface area (Å²) >= 11 is 0. The molecule has 11 nitrogen and oxygen atoms in total. The monoisotopic (exact) mass is 583 g/mol. The molecule has 0 unspecified atom stereocenters. The summed E-state index contributed by atoms with van der Waals surface area (Å²) in [6.45, 7) is 7.23. The maximum Gasteiger partial charge on any atom is 0.274 e. The van der Waals surface area contributed by atoms with E-state index in [4.69, 9.17) is 4.74 Å². The average molecular weight is 584 g/mol. The fourth-order valence-electron chi connectivity index (χ4n) is 4.81. The number of benzene rings is 2. The standard InChI is InChI=1S/C29H37N5O6S/c1-18-10-12-22(13-11-18)41(38,39)32(5)16-26-19(2)15-34(21(4)17-35)29(37)23-8-7-9-24(27(23)40-26)30-28(36)25-14-20(3)31-33(25)6/h7-14,19,21,26,35H,15-17H2,1-6H3,(H,30,36)/t19-,21+,26-/m0/s1. The SMILES string of the molecule is Cc1ccc(S(=O)(=O)N(C)C[C@@H]2Oc3c(NC(=O)c4cc(C)nn4C)cccc3C(=O)N([C@H](C)CO)C[C@@H]2C)cc1. The average Bonchev–Trinajstić information content (AvgIpc) is 3.28. The molecule has 0 spiro atoms. The fourth-order valence-corrected chi connectivity index (χ4v) is 5.99. The summed E-state index contributed by atoms with van der Waals surface area (Å²) in [7, 11) is -0.687. The van der Waals surface area contributed by atoms with Gasteiger partial charge in [-0.3, -0.25) is 14.3 Å². The van der Waals surface area contributed by atoms with Crippen LogP contribution < -0.4 is 10.1 Å². The molecule has 3 atom stereocenters. The number of rotatable bonds is 8. The molecule has 41 heavy (non-hydrogen) atoms. The van der Waals surface area contributed by atoms with E-state index in [0.717, 1.165) is 5.56 Å². The predicted octanol–water partition coefficient (Wildman–Crippen LogP) is 2.83. The second kappa shape index (κ2) is 12.0. The van der Waals surface area contributed by atoms with Crippen molar-refractivity contribution < 1.29 is 27.9 Å². The smallest absolute Gasteiger partial charge is 0.274 e. The molecule has 220 valence electrons. The number of sulfonamides is 1. The van der Waals surface area contributed by atoms with Crippen LogP contribution in [0.1, 0.15) is 46.0 Å². The summed E-state index contributed by atoms with van der Waals surface area (Å²) in [5, 5.41) is 17.0. The number of anilines is 1. The van der Waals surface area contributed by atoms with Gasteiger partial charge < -0.3 is 20.1 Å². The molecule has 2 heterocycles. The Bertz CT molecular complexity index is 1540. The van der Waals surface area contributed by atoms with Crippen LogP contribution in [-0.2, 0) is 17.1 Å². The number of hydrogen-bond acceptors (Lipinski definition) is 7. The van der Waals surface area contributed by atoms with Gasteiger partial charge >= 0.3 is 0 Å². The first-order valence-corrected chi connectivity index (χ1v) is 14.8. The number of fused-ring (bicyclic) bond motifs is 1. The van der Waals surface area contributed by atoms with E-state index in [1.807, 2.05) is 13.8 Å². The van der Waals surface area contributed by atoms with Gasteiger partial charge in [-0.1, -0.05) is 30.7 Å². The topological polar surface area (TPSA) is 134 Å². The largest absolute Gasteiger partial charge is 0.486 e. The molecule has 1 aliphatic heterocycles. The molecule has 12 heteroatoms. The number of aryl methyl sites for hydroxylation is 3. The van der Waals surface area contributed by atoms with Crippen LogP contribution in [0, 0.1) is 19.8 Å². The van der Waals surface area contributed by atoms with Gasteiger partial charge in [0.25, 0.3) is 11.8 Å². The summed E-state index contributed by atoms with van der Waals surface area (Å²) in [4.78, 5) is 28.6. The van der Waals surface area contributed by atoms with Crippen LogP contribution in [0.4, 0.5) is 5.69 Å². The highest BCUT2D eigenvalue weighted by molar-refractivity contribution is 7.89. The Morgan fingerprint density at radius 2 is 1.90 bits per heavy atom. The lowest BCUT2D eigenvalue weighted by Crippen LogP contribution is -2.50. The van der Waals surface area contributed by atoms with Crippen molar-refractivity contribution in [1.29, 1.82) is 0 Å². The van der Waals surface area contributed by atoms with Crippen molar-refractivity contribution in [3.8, 4) is 5.75 Å². The number of amides is 2. The zero-order valence-electron chi connectivity index (χ0n) is 24.2. The van der Waals surface area contributed by atoms with Gasteiger partial charge in [0.05, 0.1) is 41.0 Å². The number of carbonyl (C=O) groups is 2. The van der Waals surface area contributed by atoms with Crippen molar-refractivity contribution in [2.75, 3.05) is 32.1 Å². The number of ether oxygens (including phenoxy) is 1. The summed E-state index contributed by atoms with van der Waals surface area (Å²) in [6, 6.07) is 12.6. The summed E-state index contributed by atoms with van der Waals surface area (Å²) in [5.41, 5.74) is 2.40. The minimum Gasteiger partial charge on any atom is -0.486 e. The highest BCUT2D eigenvalue weighted by atomic mass is 32.2. The second-order valence-electron chi connectivity index (χ2n) is 10.7. The highest BCUT2D eigenvalue weighted by Crippen LogP contribution is 2.35. The molecular formula is C29H37N5O6S. The number of nitrogens with zero attached hydrogens (tertiary/aromatic N) is 4. The molecule has 0 saturated heterocycles. The van der Waals surface area contributed by atoms with Crippen molar-refractivity contribution in [3.63, 3.8) is 0 Å². The third-order valence-electron chi connectivity index (χ3n) is 7.34. The van der Waals surface area contributed by atoms with Gasteiger partial charge in [0.1, 0.15) is 11.8 Å². The van der Waals surface area contributed by atoms with Gasteiger partial charge in [-0.2, -0.15) is 9.40 Å². The summed E-state index contributed by atoms with van der Waals surface area (Å²) < 4.78 is 36.0. The van der Waals surface area contributed by atoms with Crippen LogP contribution in [-0.4, -0.2) is 83.2 Å². The fraction of sp³-hybridized carbons (Fsp3) is 0.414. The van der Waals surface area contributed by atoms with Gasteiger partial charge in [0.15, 0.2) is 5.75 Å². The molecule has 0 bridgehead atoms. The number of aliphatic hydroxyl groups is 1.